The second-order valence-corrected chi connectivity index (χ2v) is 5.88. The van der Waals surface area contributed by atoms with E-state index < -0.39 is 7.15 Å². The average molecular weight is 486 g/mol. The normalized spacial score (nSPS) is 10.5. The van der Waals surface area contributed by atoms with Crippen molar-refractivity contribution in [3.05, 3.63) is 68.6 Å². The largest absolute Gasteiger partial charge is 0.411 e. The van der Waals surface area contributed by atoms with Crippen molar-refractivity contribution in [3.63, 3.8) is 0 Å². The summed E-state index contributed by atoms with van der Waals surface area (Å²) in [5.41, 5.74) is 1.57. The highest BCUT2D eigenvalue weighted by molar-refractivity contribution is 9.10. The molecule has 0 amide bonds. The first-order chi connectivity index (χ1) is 11.5. The molecule has 24 heavy (non-hydrogen) atoms. The highest BCUT2D eigenvalue weighted by Gasteiger charge is 1.97. The van der Waals surface area contributed by atoms with Gasteiger partial charge in [-0.2, -0.15) is 0 Å². The maximum atomic E-state index is 9.96. The summed E-state index contributed by atoms with van der Waals surface area (Å²) in [7, 11) is -1.00. The number of hydrogen-bond donors (Lipinski definition) is 2. The molecule has 0 heterocycles. The minimum Gasteiger partial charge on any atom is -0.411 e. The monoisotopic (exact) mass is 483 g/mol. The Labute approximate surface area is 164 Å². The molecule has 2 rings (SSSR count). The molecule has 0 radical (unpaired) electrons. The number of hydrogen-bond acceptors (Lipinski definition) is 4. The Balaban J connectivity index is 0. The van der Waals surface area contributed by atoms with Gasteiger partial charge in [0.1, 0.15) is 0 Å². The Morgan fingerprint density at radius 1 is 1.08 bits per heavy atom. The Bertz CT molecular complexity index is 642. The molecule has 0 aliphatic heterocycles. The number of alkyl halides is 1. The summed E-state index contributed by atoms with van der Waals surface area (Å²) >= 11 is 12.1. The van der Waals surface area contributed by atoms with E-state index in [2.05, 4.69) is 42.2 Å². The Morgan fingerprint density at radius 3 is 1.88 bits per heavy atom. The average Bonchev–Trinajstić information content (AvgIpc) is 2.58. The van der Waals surface area contributed by atoms with Crippen molar-refractivity contribution < 1.29 is 16.2 Å². The van der Waals surface area contributed by atoms with Gasteiger partial charge in [-0.05, 0) is 29.8 Å². The predicted molar refractivity (Wildman–Crippen MR) is 106 cm³/mol. The molecule has 0 fully saturated rings. The van der Waals surface area contributed by atoms with Crippen LogP contribution in [0.5, 0.6) is 0 Å². The third-order valence-electron chi connectivity index (χ3n) is 2.25. The molecule has 8 heteroatoms. The van der Waals surface area contributed by atoms with E-state index in [0.717, 1.165) is 14.5 Å². The summed E-state index contributed by atoms with van der Waals surface area (Å²) in [6.45, 7) is 0. The molecule has 0 unspecified atom stereocenters. The van der Waals surface area contributed by atoms with Crippen LogP contribution in [0, 0.1) is 0 Å². The van der Waals surface area contributed by atoms with Gasteiger partial charge >= 0.3 is 0 Å². The minimum atomic E-state index is -1.00. The minimum absolute atomic E-state index is 0. The van der Waals surface area contributed by atoms with E-state index in [9.17, 15) is 4.39 Å². The van der Waals surface area contributed by atoms with E-state index >= 15 is 0 Å². The molecule has 0 aliphatic carbocycles. The summed E-state index contributed by atoms with van der Waals surface area (Å²) in [6.07, 6.45) is 1.38. The van der Waals surface area contributed by atoms with Gasteiger partial charge in [-0.3, -0.25) is 4.39 Å². The summed E-state index contributed by atoms with van der Waals surface area (Å²) in [6, 6.07) is 14.6. The molecule has 2 N–H and O–H groups in total. The van der Waals surface area contributed by atoms with Crippen molar-refractivity contribution in [2.75, 3.05) is 7.15 Å². The second kappa shape index (κ2) is 15.1. The Morgan fingerprint density at radius 2 is 1.50 bits per heavy atom. The van der Waals surface area contributed by atoms with Crippen LogP contribution >= 0.6 is 43.5 Å². The third-order valence-corrected chi connectivity index (χ3v) is 3.60. The van der Waals surface area contributed by atoms with Gasteiger partial charge in [-0.15, -0.1) is 0 Å². The highest BCUT2D eigenvalue weighted by atomic mass is 79.9. The highest BCUT2D eigenvalue weighted by Crippen LogP contribution is 2.12. The van der Waals surface area contributed by atoms with Crippen LogP contribution in [0.25, 0.3) is 0 Å². The number of rotatable bonds is 2. The molecule has 0 aromatic heterocycles. The molecule has 0 bridgehead atoms. The van der Waals surface area contributed by atoms with Gasteiger partial charge in [0.05, 0.1) is 14.7 Å². The van der Waals surface area contributed by atoms with Gasteiger partial charge in [0.25, 0.3) is 0 Å². The zero-order chi connectivity index (χ0) is 18.4. The van der Waals surface area contributed by atoms with Crippen molar-refractivity contribution in [3.8, 4) is 0 Å². The van der Waals surface area contributed by atoms with E-state index in [-0.39, 0.29) is 12.6 Å². The number of nitrogens with zero attached hydrogens (tertiary/aromatic N) is 2. The molecule has 0 spiro atoms. The first kappa shape index (κ1) is 22.6. The molecule has 0 aliphatic rings. The van der Waals surface area contributed by atoms with E-state index in [1.54, 1.807) is 12.1 Å². The summed E-state index contributed by atoms with van der Waals surface area (Å²) < 4.78 is 17.5. The lowest BCUT2D eigenvalue weighted by atomic mass is 10.2. The Hall–Kier alpha value is -1.44. The molecule has 0 saturated carbocycles. The van der Waals surface area contributed by atoms with Crippen LogP contribution in [0.1, 0.15) is 19.9 Å². The van der Waals surface area contributed by atoms with Crippen molar-refractivity contribution in [2.45, 2.75) is 7.43 Å². The molecular formula is C16H18Br2ClFN2O2. The van der Waals surface area contributed by atoms with Gasteiger partial charge in [0.2, 0.25) is 0 Å². The predicted octanol–water partition coefficient (Wildman–Crippen LogP) is 6.30. The van der Waals surface area contributed by atoms with E-state index in [1.165, 1.54) is 6.21 Å². The van der Waals surface area contributed by atoms with Crippen LogP contribution in [0.3, 0.4) is 0 Å². The maximum Gasteiger partial charge on any atom is 0.175 e. The van der Waals surface area contributed by atoms with Crippen molar-refractivity contribution in [1.29, 1.82) is 0 Å². The van der Waals surface area contributed by atoms with Crippen LogP contribution in [-0.2, 0) is 0 Å². The molecule has 2 aromatic carbocycles. The summed E-state index contributed by atoms with van der Waals surface area (Å²) in [5, 5.41) is 22.3. The fourth-order valence-corrected chi connectivity index (χ4v) is 1.92. The molecular weight excluding hydrogens is 466 g/mol. The quantitative estimate of drug-likeness (QED) is 0.298. The lowest BCUT2D eigenvalue weighted by Crippen LogP contribution is -1.89. The summed E-state index contributed by atoms with van der Waals surface area (Å²) in [4.78, 5) is 0. The van der Waals surface area contributed by atoms with Crippen LogP contribution < -0.4 is 0 Å². The number of benzene rings is 2. The smallest absolute Gasteiger partial charge is 0.175 e. The van der Waals surface area contributed by atoms with Gasteiger partial charge in [0.15, 0.2) is 5.17 Å². The van der Waals surface area contributed by atoms with E-state index in [1.807, 2.05) is 36.4 Å². The molecule has 0 saturated heterocycles. The van der Waals surface area contributed by atoms with Crippen LogP contribution in [0.15, 0.2) is 67.8 Å². The van der Waals surface area contributed by atoms with Crippen molar-refractivity contribution in [2.24, 2.45) is 10.3 Å². The number of halogens is 4. The maximum absolute atomic E-state index is 9.96. The lowest BCUT2D eigenvalue weighted by molar-refractivity contribution is 0.321. The van der Waals surface area contributed by atoms with Gasteiger partial charge in [0, 0.05) is 14.5 Å². The zero-order valence-corrected chi connectivity index (χ0v) is 15.6. The fraction of sp³-hybridized carbons (Fsp3) is 0.125. The van der Waals surface area contributed by atoms with Crippen LogP contribution in [0.2, 0.25) is 0 Å². The van der Waals surface area contributed by atoms with Gasteiger partial charge in [-0.25, -0.2) is 0 Å². The SMILES string of the molecule is C.O/N=C(\Cl)c1ccc(Br)cc1.O/N=C/c1ccc(Br)cc1.[2H]CF. The number of oxime groups is 2. The molecule has 132 valence electrons. The molecule has 2 aromatic rings. The van der Waals surface area contributed by atoms with E-state index in [0.29, 0.717) is 5.56 Å². The summed E-state index contributed by atoms with van der Waals surface area (Å²) in [5.74, 6) is 0. The lowest BCUT2D eigenvalue weighted by Gasteiger charge is -1.94. The topological polar surface area (TPSA) is 65.2 Å². The van der Waals surface area contributed by atoms with Crippen molar-refractivity contribution in [1.82, 2.24) is 0 Å². The van der Waals surface area contributed by atoms with Gasteiger partial charge < -0.3 is 10.4 Å². The first-order valence-electron chi connectivity index (χ1n) is 6.60. The zero-order valence-electron chi connectivity index (χ0n) is 12.7. The molecule has 4 nitrogen and oxygen atoms in total. The van der Waals surface area contributed by atoms with Gasteiger partial charge in [-0.1, -0.05) is 85.5 Å². The van der Waals surface area contributed by atoms with Crippen LogP contribution in [0.4, 0.5) is 4.39 Å². The fourth-order valence-electron chi connectivity index (χ4n) is 1.26. The standard InChI is InChI=1S/C7H5BrClNO.C7H6BrNO.CH3F.CH4/c8-6-3-1-5(2-4-6)7(9)10-11;8-7-3-1-6(2-4-7)5-9-10;1-2;/h1-4,11H;1-5,10H;1H3;1H4/b10-7-;9-5+;;/i;;1D;. The Kier molecular flexibility index (Phi) is 14.2. The van der Waals surface area contributed by atoms with Crippen LogP contribution in [-0.4, -0.2) is 29.0 Å². The molecule has 0 atom stereocenters. The second-order valence-electron chi connectivity index (χ2n) is 3.69. The van der Waals surface area contributed by atoms with E-state index in [4.69, 9.17) is 23.4 Å². The first-order valence-corrected chi connectivity index (χ1v) is 7.86. The van der Waals surface area contributed by atoms with Crippen molar-refractivity contribution >= 4 is 54.8 Å². The third kappa shape index (κ3) is 10.4.